The van der Waals surface area contributed by atoms with Gasteiger partial charge in [0.2, 0.25) is 5.91 Å². The quantitative estimate of drug-likeness (QED) is 0.462. The minimum absolute atomic E-state index is 0.0269. The highest BCUT2D eigenvalue weighted by molar-refractivity contribution is 7.91. The van der Waals surface area contributed by atoms with E-state index in [1.165, 1.54) is 38.3 Å². The topological polar surface area (TPSA) is 89.5 Å². The van der Waals surface area contributed by atoms with Crippen molar-refractivity contribution >= 4 is 38.8 Å². The zero-order valence-electron chi connectivity index (χ0n) is 17.5. The molecule has 1 atom stereocenters. The van der Waals surface area contributed by atoms with E-state index in [9.17, 15) is 18.0 Å². The molecule has 166 valence electrons. The minimum atomic E-state index is -3.98. The summed E-state index contributed by atoms with van der Waals surface area (Å²) in [5.41, 5.74) is 1.20. The average Bonchev–Trinajstić information content (AvgIpc) is 2.78. The molecule has 3 rings (SSSR count). The summed E-state index contributed by atoms with van der Waals surface area (Å²) in [5, 5.41) is 1.68. The molecule has 0 aliphatic heterocycles. The summed E-state index contributed by atoms with van der Waals surface area (Å²) in [6.07, 6.45) is -0.286. The fourth-order valence-electron chi connectivity index (χ4n) is 3.28. The first-order valence-corrected chi connectivity index (χ1v) is 11.7. The van der Waals surface area contributed by atoms with Gasteiger partial charge in [0.1, 0.15) is 5.75 Å². The number of rotatable bonds is 8. The molecule has 0 bridgehead atoms. The fraction of sp³-hybridized carbons (Fsp3) is 0.167. The Morgan fingerprint density at radius 3 is 2.16 bits per heavy atom. The van der Waals surface area contributed by atoms with Gasteiger partial charge in [-0.3, -0.25) is 9.59 Å². The normalized spacial score (nSPS) is 12.1. The molecule has 0 fully saturated rings. The molecule has 32 heavy (non-hydrogen) atoms. The van der Waals surface area contributed by atoms with Crippen LogP contribution in [0.5, 0.6) is 5.75 Å². The number of ether oxygens (including phenoxy) is 1. The third-order valence-electron chi connectivity index (χ3n) is 4.91. The van der Waals surface area contributed by atoms with Crippen LogP contribution in [0.2, 0.25) is 5.02 Å². The second-order valence-electron chi connectivity index (χ2n) is 7.12. The van der Waals surface area contributed by atoms with Gasteiger partial charge < -0.3 is 10.1 Å². The van der Waals surface area contributed by atoms with Crippen molar-refractivity contribution in [3.63, 3.8) is 0 Å². The van der Waals surface area contributed by atoms with Gasteiger partial charge in [-0.2, -0.15) is 0 Å². The first-order valence-electron chi connectivity index (χ1n) is 9.75. The Kier molecular flexibility index (Phi) is 7.33. The minimum Gasteiger partial charge on any atom is -0.497 e. The number of carbonyl (C=O) groups is 2. The van der Waals surface area contributed by atoms with Gasteiger partial charge in [-0.15, -0.1) is 0 Å². The van der Waals surface area contributed by atoms with Crippen LogP contribution in [0.3, 0.4) is 0 Å². The Morgan fingerprint density at radius 1 is 0.969 bits per heavy atom. The lowest BCUT2D eigenvalue weighted by atomic mass is 10.0. The van der Waals surface area contributed by atoms with E-state index in [0.717, 1.165) is 0 Å². The van der Waals surface area contributed by atoms with Crippen LogP contribution in [0, 0.1) is 0 Å². The summed E-state index contributed by atoms with van der Waals surface area (Å²) >= 11 is 6.32. The number of sulfone groups is 1. The first kappa shape index (κ1) is 23.5. The summed E-state index contributed by atoms with van der Waals surface area (Å²) in [7, 11) is -2.46. The summed E-state index contributed by atoms with van der Waals surface area (Å²) in [6, 6.07) is 18.9. The monoisotopic (exact) mass is 471 g/mol. The van der Waals surface area contributed by atoms with Crippen LogP contribution in [0.1, 0.15) is 34.5 Å². The lowest BCUT2D eigenvalue weighted by Gasteiger charge is -2.19. The largest absolute Gasteiger partial charge is 0.497 e. The van der Waals surface area contributed by atoms with E-state index < -0.39 is 15.1 Å². The highest BCUT2D eigenvalue weighted by atomic mass is 35.5. The van der Waals surface area contributed by atoms with Crippen LogP contribution in [0.25, 0.3) is 0 Å². The predicted molar refractivity (Wildman–Crippen MR) is 124 cm³/mol. The molecule has 0 heterocycles. The van der Waals surface area contributed by atoms with E-state index in [0.29, 0.717) is 22.6 Å². The zero-order valence-corrected chi connectivity index (χ0v) is 19.1. The lowest BCUT2D eigenvalue weighted by molar-refractivity contribution is -0.114. The third kappa shape index (κ3) is 5.36. The standard InChI is InChI=1S/C24H22ClNO5S/c1-16(27)26-18-9-13-20(14-10-18)32(29,30)24(21-5-3-4-6-22(21)25)15-23(28)17-7-11-19(31-2)12-8-17/h3-14,24H,15H2,1-2H3,(H,26,27)/t24-/m1/s1. The lowest BCUT2D eigenvalue weighted by Crippen LogP contribution is -2.18. The van der Waals surface area contributed by atoms with Gasteiger partial charge in [-0.25, -0.2) is 8.42 Å². The maximum absolute atomic E-state index is 13.6. The van der Waals surface area contributed by atoms with Crippen molar-refractivity contribution in [1.82, 2.24) is 0 Å². The van der Waals surface area contributed by atoms with Gasteiger partial charge in [-0.1, -0.05) is 29.8 Å². The van der Waals surface area contributed by atoms with Crippen LogP contribution in [0.4, 0.5) is 5.69 Å². The van der Waals surface area contributed by atoms with E-state index in [-0.39, 0.29) is 28.0 Å². The molecule has 0 aliphatic rings. The Hall–Kier alpha value is -3.16. The Balaban J connectivity index is 1.99. The molecule has 0 saturated carbocycles. The molecule has 0 saturated heterocycles. The predicted octanol–water partition coefficient (Wildman–Crippen LogP) is 5.10. The number of anilines is 1. The van der Waals surface area contributed by atoms with E-state index >= 15 is 0 Å². The van der Waals surface area contributed by atoms with E-state index in [2.05, 4.69) is 5.32 Å². The second-order valence-corrected chi connectivity index (χ2v) is 9.65. The molecule has 1 amide bonds. The second kappa shape index (κ2) is 9.97. The maximum Gasteiger partial charge on any atom is 0.221 e. The average molecular weight is 472 g/mol. The number of amides is 1. The molecule has 3 aromatic rings. The van der Waals surface area contributed by atoms with Gasteiger partial charge in [-0.05, 0) is 60.2 Å². The number of methoxy groups -OCH3 is 1. The molecule has 3 aromatic carbocycles. The van der Waals surface area contributed by atoms with Crippen molar-refractivity contribution in [1.29, 1.82) is 0 Å². The number of Topliss-reactive ketones (excluding diaryl/α,β-unsaturated/α-hetero) is 1. The zero-order chi connectivity index (χ0) is 23.3. The van der Waals surface area contributed by atoms with Crippen LogP contribution < -0.4 is 10.1 Å². The van der Waals surface area contributed by atoms with Crippen LogP contribution in [0.15, 0.2) is 77.7 Å². The van der Waals surface area contributed by atoms with E-state index in [1.54, 1.807) is 48.5 Å². The van der Waals surface area contributed by atoms with Crippen molar-refractivity contribution in [3.05, 3.63) is 88.9 Å². The molecular formula is C24H22ClNO5S. The summed E-state index contributed by atoms with van der Waals surface area (Å²) < 4.78 is 32.2. The van der Waals surface area contributed by atoms with Crippen molar-refractivity contribution in [3.8, 4) is 5.75 Å². The molecule has 0 aliphatic carbocycles. The van der Waals surface area contributed by atoms with Gasteiger partial charge in [0.15, 0.2) is 15.6 Å². The highest BCUT2D eigenvalue weighted by Crippen LogP contribution is 2.37. The Morgan fingerprint density at radius 2 is 1.59 bits per heavy atom. The molecule has 6 nitrogen and oxygen atoms in total. The SMILES string of the molecule is COc1ccc(C(=O)C[C@H](c2ccccc2Cl)S(=O)(=O)c2ccc(NC(C)=O)cc2)cc1. The van der Waals surface area contributed by atoms with Crippen molar-refractivity contribution in [2.24, 2.45) is 0 Å². The Labute approximate surface area is 192 Å². The van der Waals surface area contributed by atoms with Crippen LogP contribution >= 0.6 is 11.6 Å². The van der Waals surface area contributed by atoms with Crippen molar-refractivity contribution < 1.29 is 22.7 Å². The number of ketones is 1. The van der Waals surface area contributed by atoms with Crippen LogP contribution in [-0.2, 0) is 14.6 Å². The van der Waals surface area contributed by atoms with Gasteiger partial charge in [0.25, 0.3) is 0 Å². The van der Waals surface area contributed by atoms with E-state index in [1.807, 2.05) is 0 Å². The third-order valence-corrected chi connectivity index (χ3v) is 7.36. The number of benzene rings is 3. The molecule has 1 N–H and O–H groups in total. The van der Waals surface area contributed by atoms with Gasteiger partial charge >= 0.3 is 0 Å². The number of hydrogen-bond donors (Lipinski definition) is 1. The van der Waals surface area contributed by atoms with Crippen molar-refractivity contribution in [2.45, 2.75) is 23.5 Å². The summed E-state index contributed by atoms with van der Waals surface area (Å²) in [4.78, 5) is 24.3. The molecule has 8 heteroatoms. The highest BCUT2D eigenvalue weighted by Gasteiger charge is 2.33. The molecule has 0 aromatic heterocycles. The molecule has 0 radical (unpaired) electrons. The van der Waals surface area contributed by atoms with Gasteiger partial charge in [0, 0.05) is 29.6 Å². The first-order chi connectivity index (χ1) is 15.2. The Bertz CT molecular complexity index is 1220. The number of hydrogen-bond acceptors (Lipinski definition) is 5. The summed E-state index contributed by atoms with van der Waals surface area (Å²) in [5.74, 6) is -0.00765. The smallest absolute Gasteiger partial charge is 0.221 e. The molecular weight excluding hydrogens is 450 g/mol. The van der Waals surface area contributed by atoms with Gasteiger partial charge in [0.05, 0.1) is 17.3 Å². The maximum atomic E-state index is 13.6. The molecule has 0 spiro atoms. The molecule has 0 unspecified atom stereocenters. The van der Waals surface area contributed by atoms with E-state index in [4.69, 9.17) is 16.3 Å². The number of nitrogens with one attached hydrogen (secondary N) is 1. The van der Waals surface area contributed by atoms with Crippen molar-refractivity contribution in [2.75, 3.05) is 12.4 Å². The number of halogens is 1. The fourth-order valence-corrected chi connectivity index (χ4v) is 5.37. The number of carbonyl (C=O) groups excluding carboxylic acids is 2. The van der Waals surface area contributed by atoms with Crippen LogP contribution in [-0.4, -0.2) is 27.2 Å². The summed E-state index contributed by atoms with van der Waals surface area (Å²) in [6.45, 7) is 1.36.